The average Bonchev–Trinajstić information content (AvgIpc) is 2.86. The first-order chi connectivity index (χ1) is 17.0. The van der Waals surface area contributed by atoms with E-state index in [-0.39, 0.29) is 11.4 Å². The molecule has 0 aliphatic heterocycles. The van der Waals surface area contributed by atoms with Crippen LogP contribution < -0.4 is 9.62 Å². The third-order valence-electron chi connectivity index (χ3n) is 5.71. The number of sulfonamides is 1. The summed E-state index contributed by atoms with van der Waals surface area (Å²) in [5.74, 6) is -0.956. The van der Waals surface area contributed by atoms with Crippen LogP contribution in [0.5, 0.6) is 0 Å². The quantitative estimate of drug-likeness (QED) is 0.422. The number of halogens is 2. The Labute approximate surface area is 221 Å². The fourth-order valence-electron chi connectivity index (χ4n) is 3.58. The van der Waals surface area contributed by atoms with E-state index in [4.69, 9.17) is 23.2 Å². The zero-order chi connectivity index (χ0) is 26.5. The van der Waals surface area contributed by atoms with Crippen molar-refractivity contribution in [2.24, 2.45) is 0 Å². The first-order valence-corrected chi connectivity index (χ1v) is 13.3. The standard InChI is InChI=1S/C26H27Cl2N3O4S/c1-18-8-12-22(13-9-18)31(36(34,35)23-14-10-21(27)11-15-23)17-25(32)30(19(2)26(33)29-3)16-20-6-4-5-7-24(20)28/h4-15,19H,16-17H2,1-3H3,(H,29,33)/t19-/m1/s1. The monoisotopic (exact) mass is 547 g/mol. The molecule has 1 atom stereocenters. The predicted octanol–water partition coefficient (Wildman–Crippen LogP) is 4.66. The van der Waals surface area contributed by atoms with Crippen LogP contribution >= 0.6 is 23.2 Å². The van der Waals surface area contributed by atoms with E-state index >= 15 is 0 Å². The minimum Gasteiger partial charge on any atom is -0.357 e. The molecule has 1 N–H and O–H groups in total. The first-order valence-electron chi connectivity index (χ1n) is 11.1. The molecule has 0 unspecified atom stereocenters. The number of carbonyl (C=O) groups excluding carboxylic acids is 2. The van der Waals surface area contributed by atoms with Crippen molar-refractivity contribution in [3.05, 3.63) is 94.0 Å². The highest BCUT2D eigenvalue weighted by atomic mass is 35.5. The van der Waals surface area contributed by atoms with Crippen molar-refractivity contribution in [3.8, 4) is 0 Å². The number of benzene rings is 3. The lowest BCUT2D eigenvalue weighted by molar-refractivity contribution is -0.139. The van der Waals surface area contributed by atoms with Gasteiger partial charge in [0.1, 0.15) is 12.6 Å². The molecule has 3 aromatic rings. The van der Waals surface area contributed by atoms with Crippen LogP contribution in [0.15, 0.2) is 77.7 Å². The normalized spacial score (nSPS) is 12.0. The van der Waals surface area contributed by atoms with Gasteiger partial charge in [-0.25, -0.2) is 8.42 Å². The molecule has 36 heavy (non-hydrogen) atoms. The molecule has 3 aromatic carbocycles. The van der Waals surface area contributed by atoms with Gasteiger partial charge < -0.3 is 10.2 Å². The summed E-state index contributed by atoms with van der Waals surface area (Å²) in [6.07, 6.45) is 0. The highest BCUT2D eigenvalue weighted by Gasteiger charge is 2.32. The van der Waals surface area contributed by atoms with Gasteiger partial charge in [0, 0.05) is 23.6 Å². The summed E-state index contributed by atoms with van der Waals surface area (Å²) >= 11 is 12.3. The predicted molar refractivity (Wildman–Crippen MR) is 143 cm³/mol. The first kappa shape index (κ1) is 27.5. The number of carbonyl (C=O) groups is 2. The average molecular weight is 548 g/mol. The number of amides is 2. The molecule has 0 saturated heterocycles. The highest BCUT2D eigenvalue weighted by Crippen LogP contribution is 2.26. The maximum atomic E-state index is 13.7. The molecular weight excluding hydrogens is 521 g/mol. The molecule has 0 spiro atoms. The van der Waals surface area contributed by atoms with E-state index in [0.717, 1.165) is 9.87 Å². The number of likely N-dealkylation sites (N-methyl/N-ethyl adjacent to an activating group) is 1. The van der Waals surface area contributed by atoms with Gasteiger partial charge in [-0.1, -0.05) is 59.1 Å². The van der Waals surface area contributed by atoms with Crippen LogP contribution in [0.3, 0.4) is 0 Å². The molecule has 3 rings (SSSR count). The fraction of sp³-hybridized carbons (Fsp3) is 0.231. The molecule has 0 aliphatic carbocycles. The van der Waals surface area contributed by atoms with Crippen molar-refractivity contribution < 1.29 is 18.0 Å². The summed E-state index contributed by atoms with van der Waals surface area (Å²) in [5.41, 5.74) is 1.88. The van der Waals surface area contributed by atoms with E-state index in [1.54, 1.807) is 55.5 Å². The molecule has 0 fully saturated rings. The second-order valence-corrected chi connectivity index (χ2v) is 10.9. The minimum atomic E-state index is -4.14. The Hall–Kier alpha value is -3.07. The van der Waals surface area contributed by atoms with Crippen molar-refractivity contribution >= 4 is 50.7 Å². The van der Waals surface area contributed by atoms with Crippen molar-refractivity contribution in [1.82, 2.24) is 10.2 Å². The Bertz CT molecular complexity index is 1330. The molecule has 0 aromatic heterocycles. The van der Waals surface area contributed by atoms with Gasteiger partial charge in [0.05, 0.1) is 10.6 Å². The van der Waals surface area contributed by atoms with Gasteiger partial charge in [-0.15, -0.1) is 0 Å². The van der Waals surface area contributed by atoms with Gasteiger partial charge in [0.25, 0.3) is 10.0 Å². The maximum Gasteiger partial charge on any atom is 0.264 e. The smallest absolute Gasteiger partial charge is 0.264 e. The maximum absolute atomic E-state index is 13.7. The van der Waals surface area contributed by atoms with Crippen molar-refractivity contribution in [1.29, 1.82) is 0 Å². The van der Waals surface area contributed by atoms with E-state index in [1.165, 1.54) is 36.2 Å². The summed E-state index contributed by atoms with van der Waals surface area (Å²) in [4.78, 5) is 27.5. The lowest BCUT2D eigenvalue weighted by Gasteiger charge is -2.32. The van der Waals surface area contributed by atoms with Gasteiger partial charge in [0.15, 0.2) is 0 Å². The lowest BCUT2D eigenvalue weighted by Crippen LogP contribution is -2.50. The fourth-order valence-corrected chi connectivity index (χ4v) is 5.31. The second kappa shape index (κ2) is 11.8. The Morgan fingerprint density at radius 1 is 0.944 bits per heavy atom. The van der Waals surface area contributed by atoms with Crippen molar-refractivity contribution in [2.45, 2.75) is 31.3 Å². The van der Waals surface area contributed by atoms with E-state index in [1.807, 2.05) is 6.92 Å². The van der Waals surface area contributed by atoms with Crippen LogP contribution in [0, 0.1) is 6.92 Å². The Morgan fingerprint density at radius 2 is 1.56 bits per heavy atom. The number of nitrogens with zero attached hydrogens (tertiary/aromatic N) is 2. The van der Waals surface area contributed by atoms with Crippen LogP contribution in [0.4, 0.5) is 5.69 Å². The zero-order valence-corrected chi connectivity index (χ0v) is 22.4. The number of nitrogens with one attached hydrogen (secondary N) is 1. The largest absolute Gasteiger partial charge is 0.357 e. The number of hydrogen-bond acceptors (Lipinski definition) is 4. The third-order valence-corrected chi connectivity index (χ3v) is 8.12. The van der Waals surface area contributed by atoms with Crippen LogP contribution in [-0.4, -0.2) is 44.8 Å². The molecule has 2 amide bonds. The van der Waals surface area contributed by atoms with Crippen molar-refractivity contribution in [2.75, 3.05) is 17.9 Å². The SMILES string of the molecule is CNC(=O)[C@@H](C)N(Cc1ccccc1Cl)C(=O)CN(c1ccc(C)cc1)S(=O)(=O)c1ccc(Cl)cc1. The zero-order valence-electron chi connectivity index (χ0n) is 20.1. The Balaban J connectivity index is 2.03. The van der Waals surface area contributed by atoms with Crippen LogP contribution in [0.25, 0.3) is 0 Å². The van der Waals surface area contributed by atoms with E-state index < -0.39 is 34.4 Å². The molecule has 0 bridgehead atoms. The molecule has 0 radical (unpaired) electrons. The molecule has 10 heteroatoms. The lowest BCUT2D eigenvalue weighted by atomic mass is 10.1. The van der Waals surface area contributed by atoms with E-state index in [2.05, 4.69) is 5.32 Å². The highest BCUT2D eigenvalue weighted by molar-refractivity contribution is 7.92. The van der Waals surface area contributed by atoms with Gasteiger partial charge in [0.2, 0.25) is 11.8 Å². The molecule has 7 nitrogen and oxygen atoms in total. The molecular formula is C26H27Cl2N3O4S. The number of aryl methyl sites for hydroxylation is 1. The molecule has 190 valence electrons. The number of rotatable bonds is 9. The summed E-state index contributed by atoms with van der Waals surface area (Å²) < 4.78 is 28.4. The molecule has 0 aliphatic rings. The molecule has 0 heterocycles. The van der Waals surface area contributed by atoms with Gasteiger partial charge in [-0.05, 0) is 61.9 Å². The Morgan fingerprint density at radius 3 is 2.14 bits per heavy atom. The van der Waals surface area contributed by atoms with E-state index in [9.17, 15) is 18.0 Å². The summed E-state index contributed by atoms with van der Waals surface area (Å²) in [7, 11) is -2.67. The van der Waals surface area contributed by atoms with Crippen molar-refractivity contribution in [3.63, 3.8) is 0 Å². The minimum absolute atomic E-state index is 0.0164. The third kappa shape index (κ3) is 6.37. The Kier molecular flexibility index (Phi) is 9.00. The van der Waals surface area contributed by atoms with Crippen LogP contribution in [0.1, 0.15) is 18.1 Å². The topological polar surface area (TPSA) is 86.8 Å². The van der Waals surface area contributed by atoms with Crippen LogP contribution in [-0.2, 0) is 26.2 Å². The summed E-state index contributed by atoms with van der Waals surface area (Å²) in [5, 5.41) is 3.36. The molecule has 0 saturated carbocycles. The van der Waals surface area contributed by atoms with Gasteiger partial charge in [-0.2, -0.15) is 0 Å². The van der Waals surface area contributed by atoms with E-state index in [0.29, 0.717) is 21.3 Å². The number of anilines is 1. The summed E-state index contributed by atoms with van der Waals surface area (Å²) in [6, 6.07) is 18.6. The second-order valence-electron chi connectivity index (χ2n) is 8.20. The number of hydrogen-bond donors (Lipinski definition) is 1. The van der Waals surface area contributed by atoms with Gasteiger partial charge >= 0.3 is 0 Å². The van der Waals surface area contributed by atoms with Gasteiger partial charge in [-0.3, -0.25) is 13.9 Å². The summed E-state index contributed by atoms with van der Waals surface area (Å²) in [6.45, 7) is 2.95. The van der Waals surface area contributed by atoms with Crippen LogP contribution in [0.2, 0.25) is 10.0 Å².